The molecule has 20 heavy (non-hydrogen) atoms. The smallest absolute Gasteiger partial charge is 0.260 e. The van der Waals surface area contributed by atoms with Crippen molar-refractivity contribution in [2.45, 2.75) is 13.3 Å². The summed E-state index contributed by atoms with van der Waals surface area (Å²) in [6, 6.07) is 6.84. The molecule has 0 aliphatic carbocycles. The Morgan fingerprint density at radius 3 is 2.80 bits per heavy atom. The summed E-state index contributed by atoms with van der Waals surface area (Å²) in [6.07, 6.45) is 0.863. The molecule has 0 aromatic heterocycles. The third-order valence-electron chi connectivity index (χ3n) is 2.60. The molecule has 0 aliphatic rings. The van der Waals surface area contributed by atoms with Crippen LogP contribution in [0.4, 0.5) is 5.69 Å². The van der Waals surface area contributed by atoms with E-state index in [9.17, 15) is 9.59 Å². The van der Waals surface area contributed by atoms with Gasteiger partial charge in [-0.25, -0.2) is 0 Å². The highest BCUT2D eigenvalue weighted by atomic mass is 16.5. The predicted octanol–water partition coefficient (Wildman–Crippen LogP) is 0.632. The molecule has 0 saturated carbocycles. The molecular formula is C14H21N3O3. The van der Waals surface area contributed by atoms with Crippen LogP contribution in [0.3, 0.4) is 0 Å². The van der Waals surface area contributed by atoms with Gasteiger partial charge in [-0.3, -0.25) is 9.59 Å². The van der Waals surface area contributed by atoms with Gasteiger partial charge in [-0.2, -0.15) is 0 Å². The third-order valence-corrected chi connectivity index (χ3v) is 2.60. The Morgan fingerprint density at radius 2 is 2.15 bits per heavy atom. The number of nitrogen functional groups attached to an aromatic ring is 1. The number of nitrogens with one attached hydrogen (secondary N) is 1. The number of carbonyl (C=O) groups excluding carboxylic acids is 2. The SMILES string of the molecule is CCCNC(=O)CN(C)C(=O)COc1cccc(N)c1. The monoisotopic (exact) mass is 279 g/mol. The van der Waals surface area contributed by atoms with Crippen molar-refractivity contribution < 1.29 is 14.3 Å². The minimum absolute atomic E-state index is 0.0269. The van der Waals surface area contributed by atoms with Gasteiger partial charge in [0.15, 0.2) is 6.61 Å². The van der Waals surface area contributed by atoms with Gasteiger partial charge in [-0.1, -0.05) is 13.0 Å². The van der Waals surface area contributed by atoms with Crippen LogP contribution in [0, 0.1) is 0 Å². The predicted molar refractivity (Wildman–Crippen MR) is 77.3 cm³/mol. The van der Waals surface area contributed by atoms with E-state index in [2.05, 4.69) is 5.32 Å². The number of anilines is 1. The zero-order valence-electron chi connectivity index (χ0n) is 11.9. The summed E-state index contributed by atoms with van der Waals surface area (Å²) in [5.74, 6) is 0.0907. The molecule has 1 aromatic rings. The lowest BCUT2D eigenvalue weighted by Crippen LogP contribution is -2.40. The Bertz CT molecular complexity index is 463. The highest BCUT2D eigenvalue weighted by Crippen LogP contribution is 2.14. The number of carbonyl (C=O) groups is 2. The van der Waals surface area contributed by atoms with E-state index in [0.717, 1.165) is 6.42 Å². The molecule has 0 atom stereocenters. The molecule has 0 heterocycles. The van der Waals surface area contributed by atoms with Gasteiger partial charge >= 0.3 is 0 Å². The first-order valence-corrected chi connectivity index (χ1v) is 6.52. The van der Waals surface area contributed by atoms with Crippen molar-refractivity contribution in [2.24, 2.45) is 0 Å². The van der Waals surface area contributed by atoms with Crippen LogP contribution in [-0.2, 0) is 9.59 Å². The van der Waals surface area contributed by atoms with E-state index < -0.39 is 0 Å². The van der Waals surface area contributed by atoms with Crippen LogP contribution < -0.4 is 15.8 Å². The summed E-state index contributed by atoms with van der Waals surface area (Å²) in [6.45, 7) is 2.48. The van der Waals surface area contributed by atoms with Crippen molar-refractivity contribution in [3.8, 4) is 5.75 Å². The molecular weight excluding hydrogens is 258 g/mol. The molecule has 0 bridgehead atoms. The second-order valence-corrected chi connectivity index (χ2v) is 4.46. The van der Waals surface area contributed by atoms with E-state index >= 15 is 0 Å². The van der Waals surface area contributed by atoms with Gasteiger partial charge in [0.2, 0.25) is 5.91 Å². The Kier molecular flexibility index (Phi) is 6.36. The van der Waals surface area contributed by atoms with E-state index in [1.807, 2.05) is 6.92 Å². The Labute approximate surface area is 118 Å². The van der Waals surface area contributed by atoms with Crippen LogP contribution >= 0.6 is 0 Å². The maximum absolute atomic E-state index is 11.8. The quantitative estimate of drug-likeness (QED) is 0.717. The molecule has 0 radical (unpaired) electrons. The summed E-state index contributed by atoms with van der Waals surface area (Å²) in [4.78, 5) is 24.6. The molecule has 6 nitrogen and oxygen atoms in total. The maximum Gasteiger partial charge on any atom is 0.260 e. The molecule has 2 amide bonds. The highest BCUT2D eigenvalue weighted by molar-refractivity contribution is 5.85. The van der Waals surface area contributed by atoms with Crippen molar-refractivity contribution in [3.05, 3.63) is 24.3 Å². The van der Waals surface area contributed by atoms with Crippen LogP contribution in [0.15, 0.2) is 24.3 Å². The Balaban J connectivity index is 2.36. The average Bonchev–Trinajstić information content (AvgIpc) is 2.42. The molecule has 3 N–H and O–H groups in total. The van der Waals surface area contributed by atoms with Gasteiger partial charge < -0.3 is 20.7 Å². The van der Waals surface area contributed by atoms with E-state index in [1.165, 1.54) is 4.90 Å². The lowest BCUT2D eigenvalue weighted by atomic mass is 10.3. The number of hydrogen-bond acceptors (Lipinski definition) is 4. The zero-order valence-corrected chi connectivity index (χ0v) is 11.9. The Hall–Kier alpha value is -2.24. The Morgan fingerprint density at radius 1 is 1.40 bits per heavy atom. The highest BCUT2D eigenvalue weighted by Gasteiger charge is 2.13. The average molecular weight is 279 g/mol. The number of ether oxygens (including phenoxy) is 1. The maximum atomic E-state index is 11.8. The largest absolute Gasteiger partial charge is 0.484 e. The van der Waals surface area contributed by atoms with Crippen molar-refractivity contribution in [1.82, 2.24) is 10.2 Å². The number of rotatable bonds is 7. The zero-order chi connectivity index (χ0) is 15.0. The van der Waals surface area contributed by atoms with E-state index in [0.29, 0.717) is 18.0 Å². The summed E-state index contributed by atoms with van der Waals surface area (Å²) < 4.78 is 5.33. The fourth-order valence-corrected chi connectivity index (χ4v) is 1.48. The van der Waals surface area contributed by atoms with Gasteiger partial charge in [0.1, 0.15) is 5.75 Å². The third kappa shape index (κ3) is 5.60. The van der Waals surface area contributed by atoms with Gasteiger partial charge in [-0.15, -0.1) is 0 Å². The topological polar surface area (TPSA) is 84.7 Å². The standard InChI is InChI=1S/C14H21N3O3/c1-3-7-16-13(18)9-17(2)14(19)10-20-12-6-4-5-11(15)8-12/h4-6,8H,3,7,9-10,15H2,1-2H3,(H,16,18). The number of hydrogen-bond donors (Lipinski definition) is 2. The van der Waals surface area contributed by atoms with Crippen molar-refractivity contribution in [1.29, 1.82) is 0 Å². The van der Waals surface area contributed by atoms with Crippen LogP contribution in [0.5, 0.6) is 5.75 Å². The fourth-order valence-electron chi connectivity index (χ4n) is 1.48. The van der Waals surface area contributed by atoms with E-state index in [-0.39, 0.29) is 25.0 Å². The minimum Gasteiger partial charge on any atom is -0.484 e. The van der Waals surface area contributed by atoms with Crippen molar-refractivity contribution in [3.63, 3.8) is 0 Å². The number of benzene rings is 1. The van der Waals surface area contributed by atoms with Crippen LogP contribution in [0.25, 0.3) is 0 Å². The second kappa shape index (κ2) is 8.04. The lowest BCUT2D eigenvalue weighted by molar-refractivity contribution is -0.136. The summed E-state index contributed by atoms with van der Waals surface area (Å²) in [5.41, 5.74) is 6.18. The minimum atomic E-state index is -0.265. The molecule has 6 heteroatoms. The summed E-state index contributed by atoms with van der Waals surface area (Å²) in [7, 11) is 1.57. The molecule has 110 valence electrons. The number of nitrogens with zero attached hydrogens (tertiary/aromatic N) is 1. The molecule has 1 rings (SSSR count). The van der Waals surface area contributed by atoms with E-state index in [1.54, 1.807) is 31.3 Å². The van der Waals surface area contributed by atoms with Gasteiger partial charge in [-0.05, 0) is 18.6 Å². The first kappa shape index (κ1) is 15.8. The molecule has 0 spiro atoms. The van der Waals surface area contributed by atoms with Crippen LogP contribution in [-0.4, -0.2) is 43.5 Å². The molecule has 0 unspecified atom stereocenters. The van der Waals surface area contributed by atoms with Gasteiger partial charge in [0, 0.05) is 25.3 Å². The summed E-state index contributed by atoms with van der Waals surface area (Å²) >= 11 is 0. The van der Waals surface area contributed by atoms with Crippen molar-refractivity contribution in [2.75, 3.05) is 32.5 Å². The van der Waals surface area contributed by atoms with Crippen LogP contribution in [0.2, 0.25) is 0 Å². The van der Waals surface area contributed by atoms with E-state index in [4.69, 9.17) is 10.5 Å². The normalized spacial score (nSPS) is 9.90. The van der Waals surface area contributed by atoms with Crippen LogP contribution in [0.1, 0.15) is 13.3 Å². The first-order chi connectivity index (χ1) is 9.52. The first-order valence-electron chi connectivity index (χ1n) is 6.52. The summed E-state index contributed by atoms with van der Waals surface area (Å²) in [5, 5.41) is 2.71. The number of likely N-dealkylation sites (N-methyl/N-ethyl adjacent to an activating group) is 1. The number of nitrogens with two attached hydrogens (primary N) is 1. The number of amides is 2. The van der Waals surface area contributed by atoms with Gasteiger partial charge in [0.05, 0.1) is 6.54 Å². The fraction of sp³-hybridized carbons (Fsp3) is 0.429. The molecule has 1 aromatic carbocycles. The lowest BCUT2D eigenvalue weighted by Gasteiger charge is -2.17. The molecule has 0 aliphatic heterocycles. The van der Waals surface area contributed by atoms with Crippen molar-refractivity contribution >= 4 is 17.5 Å². The van der Waals surface area contributed by atoms with Gasteiger partial charge in [0.25, 0.3) is 5.91 Å². The second-order valence-electron chi connectivity index (χ2n) is 4.46. The molecule has 0 saturated heterocycles. The molecule has 0 fully saturated rings.